The zero-order valence-corrected chi connectivity index (χ0v) is 24.4. The van der Waals surface area contributed by atoms with Gasteiger partial charge in [-0.15, -0.1) is 11.8 Å². The Morgan fingerprint density at radius 3 is 2.21 bits per heavy atom. The normalized spacial score (nSPS) is 19.7. The summed E-state index contributed by atoms with van der Waals surface area (Å²) in [5.74, 6) is -1.28. The molecule has 0 aromatic heterocycles. The van der Waals surface area contributed by atoms with Crippen LogP contribution in [0, 0.1) is 10.1 Å². The van der Waals surface area contributed by atoms with E-state index in [0.29, 0.717) is 23.3 Å². The number of β-lactam (4-membered cyclic amide) rings is 1. The summed E-state index contributed by atoms with van der Waals surface area (Å²) in [4.78, 5) is 56.1. The average molecular weight is 600 g/mol. The Morgan fingerprint density at radius 2 is 1.67 bits per heavy atom. The summed E-state index contributed by atoms with van der Waals surface area (Å²) in [5, 5.41) is 10.5. The third-order valence-electron chi connectivity index (χ3n) is 7.38. The first-order chi connectivity index (χ1) is 20.7. The third-order valence-corrected chi connectivity index (χ3v) is 8.81. The second-order valence-corrected chi connectivity index (χ2v) is 11.1. The summed E-state index contributed by atoms with van der Waals surface area (Å²) >= 11 is 1.43. The van der Waals surface area contributed by atoms with Crippen molar-refractivity contribution in [1.29, 1.82) is 0 Å². The molecule has 0 bridgehead atoms. The first-order valence-corrected chi connectivity index (χ1v) is 14.7. The van der Waals surface area contributed by atoms with Crippen LogP contribution >= 0.6 is 11.8 Å². The summed E-state index contributed by atoms with van der Waals surface area (Å²) in [6, 6.07) is 24.5. The van der Waals surface area contributed by atoms with Crippen molar-refractivity contribution in [3.63, 3.8) is 0 Å². The second kappa shape index (κ2) is 12.6. The van der Waals surface area contributed by atoms with E-state index < -0.39 is 33.9 Å². The molecule has 220 valence electrons. The van der Waals surface area contributed by atoms with Crippen LogP contribution < -0.4 is 0 Å². The van der Waals surface area contributed by atoms with E-state index in [2.05, 4.69) is 4.99 Å². The highest BCUT2D eigenvalue weighted by molar-refractivity contribution is 8.00. The van der Waals surface area contributed by atoms with Gasteiger partial charge in [0, 0.05) is 36.6 Å². The van der Waals surface area contributed by atoms with E-state index in [1.54, 1.807) is 12.1 Å². The van der Waals surface area contributed by atoms with E-state index in [4.69, 9.17) is 9.47 Å². The predicted octanol–water partition coefficient (Wildman–Crippen LogP) is 5.23. The molecule has 1 amide bonds. The van der Waals surface area contributed by atoms with E-state index in [9.17, 15) is 24.5 Å². The van der Waals surface area contributed by atoms with Gasteiger partial charge in [-0.2, -0.15) is 0 Å². The molecule has 0 aliphatic carbocycles. The molecule has 10 nitrogen and oxygen atoms in total. The van der Waals surface area contributed by atoms with Crippen molar-refractivity contribution < 1.29 is 28.8 Å². The molecule has 3 aromatic rings. The minimum absolute atomic E-state index is 0.0472. The molecule has 2 atom stereocenters. The number of hydrogen-bond acceptors (Lipinski definition) is 9. The molecule has 0 spiro atoms. The highest BCUT2D eigenvalue weighted by Gasteiger charge is 2.64. The minimum Gasteiger partial charge on any atom is -0.461 e. The molecular weight excluding hydrogens is 570 g/mol. The van der Waals surface area contributed by atoms with Gasteiger partial charge < -0.3 is 9.47 Å². The highest BCUT2D eigenvalue weighted by Crippen LogP contribution is 2.50. The van der Waals surface area contributed by atoms with E-state index in [1.165, 1.54) is 41.9 Å². The van der Waals surface area contributed by atoms with Gasteiger partial charge in [0.2, 0.25) is 0 Å². The SMILES string of the molecule is CC[C@@]1(N=Cc2ccc([N+](=O)[O-])cc2)C(=O)N2C(C(=O)OC(c3ccccc3)c3ccccc3)=C(COC(C)=O)CS[C@@H]21. The van der Waals surface area contributed by atoms with Gasteiger partial charge in [0.05, 0.1) is 4.92 Å². The summed E-state index contributed by atoms with van der Waals surface area (Å²) < 4.78 is 11.4. The number of fused-ring (bicyclic) bond motifs is 1. The molecule has 2 heterocycles. The minimum atomic E-state index is -1.15. The maximum atomic E-state index is 14.0. The van der Waals surface area contributed by atoms with Crippen LogP contribution in [0.25, 0.3) is 0 Å². The molecule has 11 heteroatoms. The molecule has 3 aromatic carbocycles. The van der Waals surface area contributed by atoms with Gasteiger partial charge in [0.25, 0.3) is 11.6 Å². The lowest BCUT2D eigenvalue weighted by atomic mass is 9.84. The van der Waals surface area contributed by atoms with Crippen molar-refractivity contribution in [3.05, 3.63) is 123 Å². The number of rotatable bonds is 10. The number of ether oxygens (including phenoxy) is 2. The van der Waals surface area contributed by atoms with E-state index in [-0.39, 0.29) is 23.9 Å². The van der Waals surface area contributed by atoms with Crippen LogP contribution in [0.4, 0.5) is 5.69 Å². The summed E-state index contributed by atoms with van der Waals surface area (Å²) in [6.45, 7) is 2.97. The lowest BCUT2D eigenvalue weighted by Gasteiger charge is -2.55. The third kappa shape index (κ3) is 5.94. The number of esters is 2. The lowest BCUT2D eigenvalue weighted by molar-refractivity contribution is -0.384. The Balaban J connectivity index is 1.47. The van der Waals surface area contributed by atoms with Gasteiger partial charge in [-0.1, -0.05) is 67.6 Å². The molecule has 0 N–H and O–H groups in total. The van der Waals surface area contributed by atoms with Crippen molar-refractivity contribution in [2.75, 3.05) is 12.4 Å². The monoisotopic (exact) mass is 599 g/mol. The predicted molar refractivity (Wildman–Crippen MR) is 161 cm³/mol. The number of carbonyl (C=O) groups excluding carboxylic acids is 3. The summed E-state index contributed by atoms with van der Waals surface area (Å²) in [6.07, 6.45) is 1.15. The number of aliphatic imine (C=N–C) groups is 1. The fourth-order valence-electron chi connectivity index (χ4n) is 5.11. The molecule has 0 radical (unpaired) electrons. The Labute approximate surface area is 252 Å². The van der Waals surface area contributed by atoms with Crippen LogP contribution in [0.15, 0.2) is 101 Å². The van der Waals surface area contributed by atoms with Gasteiger partial charge in [0.15, 0.2) is 11.6 Å². The number of nitrogens with zero attached hydrogens (tertiary/aromatic N) is 3. The van der Waals surface area contributed by atoms with Crippen molar-refractivity contribution in [2.45, 2.75) is 37.3 Å². The number of nitro groups is 1. The fraction of sp³-hybridized carbons (Fsp3) is 0.250. The van der Waals surface area contributed by atoms with Crippen LogP contribution in [-0.2, 0) is 23.9 Å². The van der Waals surface area contributed by atoms with Crippen LogP contribution in [0.2, 0.25) is 0 Å². The van der Waals surface area contributed by atoms with Gasteiger partial charge in [-0.25, -0.2) is 4.79 Å². The molecular formula is C32H29N3O7S. The van der Waals surface area contributed by atoms with Crippen LogP contribution in [-0.4, -0.2) is 57.2 Å². The Morgan fingerprint density at radius 1 is 1.07 bits per heavy atom. The molecule has 43 heavy (non-hydrogen) atoms. The van der Waals surface area contributed by atoms with Gasteiger partial charge in [-0.05, 0) is 35.2 Å². The number of amides is 1. The van der Waals surface area contributed by atoms with Crippen LogP contribution in [0.1, 0.15) is 43.1 Å². The Bertz CT molecular complexity index is 1550. The first-order valence-electron chi connectivity index (χ1n) is 13.7. The highest BCUT2D eigenvalue weighted by atomic mass is 32.2. The van der Waals surface area contributed by atoms with Gasteiger partial charge in [0.1, 0.15) is 17.7 Å². The summed E-state index contributed by atoms with van der Waals surface area (Å²) in [5.41, 5.74) is 1.45. The lowest BCUT2D eigenvalue weighted by Crippen LogP contribution is -2.72. The zero-order valence-electron chi connectivity index (χ0n) is 23.5. The van der Waals surface area contributed by atoms with Crippen molar-refractivity contribution in [1.82, 2.24) is 4.90 Å². The number of thioether (sulfide) groups is 1. The van der Waals surface area contributed by atoms with Crippen LogP contribution in [0.5, 0.6) is 0 Å². The largest absolute Gasteiger partial charge is 0.461 e. The van der Waals surface area contributed by atoms with Gasteiger partial charge >= 0.3 is 11.9 Å². The molecule has 0 saturated carbocycles. The fourth-order valence-corrected chi connectivity index (χ4v) is 6.65. The molecule has 5 rings (SSSR count). The number of nitro benzene ring substituents is 1. The van der Waals surface area contributed by atoms with E-state index in [0.717, 1.165) is 11.1 Å². The van der Waals surface area contributed by atoms with Crippen molar-refractivity contribution in [2.24, 2.45) is 4.99 Å². The molecule has 2 aliphatic heterocycles. The number of benzene rings is 3. The molecule has 1 saturated heterocycles. The second-order valence-electron chi connectivity index (χ2n) is 10.1. The number of non-ortho nitro benzene ring substituents is 1. The molecule has 0 unspecified atom stereocenters. The Kier molecular flexibility index (Phi) is 8.72. The van der Waals surface area contributed by atoms with Gasteiger partial charge in [-0.3, -0.25) is 29.6 Å². The van der Waals surface area contributed by atoms with E-state index in [1.807, 2.05) is 67.6 Å². The maximum Gasteiger partial charge on any atom is 0.356 e. The summed E-state index contributed by atoms with van der Waals surface area (Å²) in [7, 11) is 0. The topological polar surface area (TPSA) is 128 Å². The quantitative estimate of drug-likeness (QED) is 0.102. The standard InChI is InChI=1S/C32H29N3O7S/c1-3-32(33-18-22-14-16-26(17-15-22)35(39)40)30(38)34-27(25(19-41-21(2)36)20-43-31(32)34)29(37)42-28(23-10-6-4-7-11-23)24-12-8-5-9-13-24/h4-18,28,31H,3,19-20H2,1-2H3/t31-,32-/m1/s1. The molecule has 2 aliphatic rings. The Hall–Kier alpha value is -4.77. The van der Waals surface area contributed by atoms with Crippen molar-refractivity contribution in [3.8, 4) is 0 Å². The smallest absolute Gasteiger partial charge is 0.356 e. The zero-order chi connectivity index (χ0) is 30.6. The van der Waals surface area contributed by atoms with E-state index >= 15 is 0 Å². The average Bonchev–Trinajstić information content (AvgIpc) is 3.03. The van der Waals surface area contributed by atoms with Crippen LogP contribution in [0.3, 0.4) is 0 Å². The maximum absolute atomic E-state index is 14.0. The molecule has 1 fully saturated rings. The first kappa shape index (κ1) is 29.7. The number of carbonyl (C=O) groups is 3. The number of hydrogen-bond donors (Lipinski definition) is 0. The van der Waals surface area contributed by atoms with Crippen molar-refractivity contribution >= 4 is 41.5 Å².